The smallest absolute Gasteiger partial charge is 0.181 e. The van der Waals surface area contributed by atoms with Gasteiger partial charge in [-0.05, 0) is 32.4 Å². The van der Waals surface area contributed by atoms with E-state index in [2.05, 4.69) is 4.98 Å². The van der Waals surface area contributed by atoms with Crippen molar-refractivity contribution in [1.82, 2.24) is 9.38 Å². The molecule has 19 heavy (non-hydrogen) atoms. The van der Waals surface area contributed by atoms with E-state index in [1.807, 2.05) is 32.2 Å². The summed E-state index contributed by atoms with van der Waals surface area (Å²) in [5, 5.41) is 8.81. The maximum atomic E-state index is 12.2. The summed E-state index contributed by atoms with van der Waals surface area (Å²) in [7, 11) is 0. The van der Waals surface area contributed by atoms with Gasteiger partial charge in [0.1, 0.15) is 5.69 Å². The van der Waals surface area contributed by atoms with Gasteiger partial charge in [0.2, 0.25) is 0 Å². The van der Waals surface area contributed by atoms with E-state index in [1.165, 1.54) is 0 Å². The summed E-state index contributed by atoms with van der Waals surface area (Å²) in [5.41, 5.74) is 1.93. The molecule has 0 amide bonds. The Morgan fingerprint density at radius 2 is 2.32 bits per heavy atom. The van der Waals surface area contributed by atoms with E-state index in [-0.39, 0.29) is 12.4 Å². The summed E-state index contributed by atoms with van der Waals surface area (Å²) >= 11 is 0. The van der Waals surface area contributed by atoms with E-state index < -0.39 is 0 Å². The molecule has 0 radical (unpaired) electrons. The lowest BCUT2D eigenvalue weighted by Gasteiger charge is -2.05. The number of hydrogen-bond acceptors (Lipinski definition) is 4. The number of aryl methyl sites for hydroxylation is 1. The zero-order valence-electron chi connectivity index (χ0n) is 11.2. The summed E-state index contributed by atoms with van der Waals surface area (Å²) in [6, 6.07) is 3.68. The molecule has 0 aliphatic carbocycles. The summed E-state index contributed by atoms with van der Waals surface area (Å²) in [6.07, 6.45) is 2.60. The Morgan fingerprint density at radius 1 is 1.53 bits per heavy atom. The molecule has 0 saturated carbocycles. The molecule has 0 aromatic carbocycles. The molecule has 2 aromatic heterocycles. The maximum Gasteiger partial charge on any atom is 0.181 e. The van der Waals surface area contributed by atoms with Gasteiger partial charge in [-0.15, -0.1) is 0 Å². The molecule has 5 nitrogen and oxygen atoms in total. The molecule has 0 fully saturated rings. The molecular formula is C14H18N2O3. The van der Waals surface area contributed by atoms with Gasteiger partial charge in [0.15, 0.2) is 17.2 Å². The minimum Gasteiger partial charge on any atom is -0.490 e. The third-order valence-electron chi connectivity index (χ3n) is 2.91. The highest BCUT2D eigenvalue weighted by molar-refractivity contribution is 5.96. The van der Waals surface area contributed by atoms with E-state index in [1.54, 1.807) is 4.40 Å². The van der Waals surface area contributed by atoms with Gasteiger partial charge in [-0.25, -0.2) is 4.98 Å². The molecular weight excluding hydrogens is 244 g/mol. The number of hydrogen-bond donors (Lipinski definition) is 1. The van der Waals surface area contributed by atoms with Crippen LogP contribution in [0.25, 0.3) is 5.65 Å². The van der Waals surface area contributed by atoms with Gasteiger partial charge < -0.3 is 9.84 Å². The number of rotatable bonds is 6. The van der Waals surface area contributed by atoms with E-state index in [0.29, 0.717) is 42.2 Å². The van der Waals surface area contributed by atoms with Gasteiger partial charge in [0.25, 0.3) is 0 Å². The third-order valence-corrected chi connectivity index (χ3v) is 2.91. The normalized spacial score (nSPS) is 10.9. The van der Waals surface area contributed by atoms with Crippen molar-refractivity contribution < 1.29 is 14.6 Å². The Kier molecular flexibility index (Phi) is 4.16. The summed E-state index contributed by atoms with van der Waals surface area (Å²) in [4.78, 5) is 16.6. The van der Waals surface area contributed by atoms with Crippen molar-refractivity contribution in [2.75, 3.05) is 13.2 Å². The number of aromatic nitrogens is 2. The van der Waals surface area contributed by atoms with Gasteiger partial charge in [-0.1, -0.05) is 0 Å². The van der Waals surface area contributed by atoms with Crippen molar-refractivity contribution in [2.45, 2.75) is 26.7 Å². The molecule has 0 spiro atoms. The van der Waals surface area contributed by atoms with Gasteiger partial charge in [0, 0.05) is 19.2 Å². The number of aliphatic hydroxyl groups is 1. The van der Waals surface area contributed by atoms with Crippen LogP contribution in [0.5, 0.6) is 5.75 Å². The number of carbonyl (C=O) groups excluding carboxylic acids is 1. The fraction of sp³-hybridized carbons (Fsp3) is 0.429. The molecule has 0 atom stereocenters. The average Bonchev–Trinajstić information content (AvgIpc) is 2.73. The highest BCUT2D eigenvalue weighted by atomic mass is 16.5. The SMILES string of the molecule is CCOc1cccn2c(C(=O)CCCO)c(C)nc12. The Balaban J connectivity index is 2.47. The molecule has 2 aromatic rings. The Bertz CT molecular complexity index is 590. The molecule has 0 saturated heterocycles. The number of Topliss-reactive ketones (excluding diaryl/α,β-unsaturated/α-hetero) is 1. The van der Waals surface area contributed by atoms with Crippen LogP contribution in [0.15, 0.2) is 18.3 Å². The van der Waals surface area contributed by atoms with Crippen LogP contribution in [0.2, 0.25) is 0 Å². The van der Waals surface area contributed by atoms with Gasteiger partial charge in [-0.3, -0.25) is 9.20 Å². The fourth-order valence-electron chi connectivity index (χ4n) is 2.12. The first kappa shape index (κ1) is 13.5. The van der Waals surface area contributed by atoms with Crippen LogP contribution in [0.1, 0.15) is 35.9 Å². The van der Waals surface area contributed by atoms with E-state index in [4.69, 9.17) is 9.84 Å². The average molecular weight is 262 g/mol. The van der Waals surface area contributed by atoms with Crippen LogP contribution in [-0.2, 0) is 0 Å². The first-order chi connectivity index (χ1) is 9.19. The lowest BCUT2D eigenvalue weighted by Crippen LogP contribution is -2.06. The predicted molar refractivity (Wildman–Crippen MR) is 71.7 cm³/mol. The molecule has 2 heterocycles. The van der Waals surface area contributed by atoms with Crippen LogP contribution in [0.4, 0.5) is 0 Å². The van der Waals surface area contributed by atoms with Crippen LogP contribution >= 0.6 is 0 Å². The van der Waals surface area contributed by atoms with Crippen LogP contribution in [0, 0.1) is 6.92 Å². The molecule has 1 N–H and O–H groups in total. The Morgan fingerprint density at radius 3 is 3.00 bits per heavy atom. The quantitative estimate of drug-likeness (QED) is 0.809. The number of ketones is 1. The molecule has 2 rings (SSSR count). The minimum absolute atomic E-state index is 0.00676. The number of carbonyl (C=O) groups is 1. The van der Waals surface area contributed by atoms with Crippen molar-refractivity contribution in [3.63, 3.8) is 0 Å². The number of fused-ring (bicyclic) bond motifs is 1. The van der Waals surface area contributed by atoms with Gasteiger partial charge in [-0.2, -0.15) is 0 Å². The second-order valence-electron chi connectivity index (χ2n) is 4.30. The highest BCUT2D eigenvalue weighted by Crippen LogP contribution is 2.23. The number of pyridine rings is 1. The zero-order valence-corrected chi connectivity index (χ0v) is 11.2. The third kappa shape index (κ3) is 2.61. The lowest BCUT2D eigenvalue weighted by atomic mass is 10.1. The highest BCUT2D eigenvalue weighted by Gasteiger charge is 2.18. The van der Waals surface area contributed by atoms with Crippen molar-refractivity contribution >= 4 is 11.4 Å². The van der Waals surface area contributed by atoms with Gasteiger partial charge >= 0.3 is 0 Å². The van der Waals surface area contributed by atoms with Crippen molar-refractivity contribution in [3.8, 4) is 5.75 Å². The lowest BCUT2D eigenvalue weighted by molar-refractivity contribution is 0.0965. The second kappa shape index (κ2) is 5.84. The van der Waals surface area contributed by atoms with E-state index >= 15 is 0 Å². The maximum absolute atomic E-state index is 12.2. The zero-order chi connectivity index (χ0) is 13.8. The van der Waals surface area contributed by atoms with Crippen LogP contribution < -0.4 is 4.74 Å². The fourth-order valence-corrected chi connectivity index (χ4v) is 2.12. The standard InChI is InChI=1S/C14H18N2O3/c1-3-19-12-7-4-8-16-13(10(2)15-14(12)16)11(18)6-5-9-17/h4,7-8,17H,3,5-6,9H2,1-2H3. The van der Waals surface area contributed by atoms with Gasteiger partial charge in [0.05, 0.1) is 12.3 Å². The Hall–Kier alpha value is -1.88. The van der Waals surface area contributed by atoms with Crippen molar-refractivity contribution in [3.05, 3.63) is 29.7 Å². The van der Waals surface area contributed by atoms with Crippen LogP contribution in [0.3, 0.4) is 0 Å². The topological polar surface area (TPSA) is 63.8 Å². The predicted octanol–water partition coefficient (Wildman–Crippen LogP) is 2.00. The number of nitrogens with zero attached hydrogens (tertiary/aromatic N) is 2. The number of aliphatic hydroxyl groups excluding tert-OH is 1. The first-order valence-corrected chi connectivity index (χ1v) is 6.43. The Labute approximate surface area is 111 Å². The van der Waals surface area contributed by atoms with E-state index in [9.17, 15) is 4.79 Å². The largest absolute Gasteiger partial charge is 0.490 e. The monoisotopic (exact) mass is 262 g/mol. The number of imidazole rings is 1. The van der Waals surface area contributed by atoms with Crippen molar-refractivity contribution in [2.24, 2.45) is 0 Å². The summed E-state index contributed by atoms with van der Waals surface area (Å²) < 4.78 is 7.28. The molecule has 0 aliphatic rings. The summed E-state index contributed by atoms with van der Waals surface area (Å²) in [5.74, 6) is 0.669. The van der Waals surface area contributed by atoms with Crippen molar-refractivity contribution in [1.29, 1.82) is 0 Å². The first-order valence-electron chi connectivity index (χ1n) is 6.43. The molecule has 0 unspecified atom stereocenters. The van der Waals surface area contributed by atoms with E-state index in [0.717, 1.165) is 0 Å². The number of ether oxygens (including phenoxy) is 1. The molecule has 0 bridgehead atoms. The molecule has 0 aliphatic heterocycles. The van der Waals surface area contributed by atoms with Crippen LogP contribution in [-0.4, -0.2) is 33.5 Å². The molecule has 102 valence electrons. The second-order valence-corrected chi connectivity index (χ2v) is 4.30. The minimum atomic E-state index is -0.00676. The summed E-state index contributed by atoms with van der Waals surface area (Å²) in [6.45, 7) is 4.30. The molecule has 5 heteroatoms.